The van der Waals surface area contributed by atoms with E-state index in [9.17, 15) is 8.42 Å². The maximum Gasteiger partial charge on any atom is 0.243 e. The standard InChI is InChI=1S/C20H30N4O2S2/c1-15(2)24(5)28(25,26)19-8-6-17(7-9-19)13-23-20(21-4)22-12-16(3)18-10-11-27-14-18/h6-11,14-16H,12-13H2,1-5H3,(H2,21,22,23). The molecule has 0 amide bonds. The highest BCUT2D eigenvalue weighted by Gasteiger charge is 2.22. The molecule has 1 aromatic heterocycles. The third-order valence-electron chi connectivity index (χ3n) is 4.70. The second kappa shape index (κ2) is 10.0. The predicted molar refractivity (Wildman–Crippen MR) is 117 cm³/mol. The largest absolute Gasteiger partial charge is 0.356 e. The van der Waals surface area contributed by atoms with E-state index in [0.717, 1.165) is 18.1 Å². The number of sulfonamides is 1. The Morgan fingerprint density at radius 2 is 1.82 bits per heavy atom. The van der Waals surface area contributed by atoms with Crippen molar-refractivity contribution in [2.45, 2.75) is 44.2 Å². The summed E-state index contributed by atoms with van der Waals surface area (Å²) in [5, 5.41) is 10.8. The molecule has 0 radical (unpaired) electrons. The number of guanidine groups is 1. The van der Waals surface area contributed by atoms with E-state index in [1.54, 1.807) is 37.6 Å². The van der Waals surface area contributed by atoms with Crippen molar-refractivity contribution in [1.82, 2.24) is 14.9 Å². The first-order valence-electron chi connectivity index (χ1n) is 9.29. The summed E-state index contributed by atoms with van der Waals surface area (Å²) in [6.45, 7) is 7.24. The Morgan fingerprint density at radius 3 is 2.36 bits per heavy atom. The van der Waals surface area contributed by atoms with Gasteiger partial charge in [-0.25, -0.2) is 8.42 Å². The van der Waals surface area contributed by atoms with Crippen molar-refractivity contribution in [3.05, 3.63) is 52.2 Å². The van der Waals surface area contributed by atoms with Crippen molar-refractivity contribution < 1.29 is 8.42 Å². The van der Waals surface area contributed by atoms with E-state index < -0.39 is 10.0 Å². The Kier molecular flexibility index (Phi) is 8.03. The lowest BCUT2D eigenvalue weighted by Gasteiger charge is -2.21. The van der Waals surface area contributed by atoms with E-state index >= 15 is 0 Å². The SMILES string of the molecule is CN=C(NCc1ccc(S(=O)(=O)N(C)C(C)C)cc1)NCC(C)c1ccsc1. The highest BCUT2D eigenvalue weighted by atomic mass is 32.2. The van der Waals surface area contributed by atoms with Crippen molar-refractivity contribution in [2.24, 2.45) is 4.99 Å². The van der Waals surface area contributed by atoms with Gasteiger partial charge in [-0.1, -0.05) is 19.1 Å². The van der Waals surface area contributed by atoms with Gasteiger partial charge >= 0.3 is 0 Å². The highest BCUT2D eigenvalue weighted by Crippen LogP contribution is 2.18. The molecule has 0 spiro atoms. The van der Waals surface area contributed by atoms with Gasteiger partial charge < -0.3 is 10.6 Å². The van der Waals surface area contributed by atoms with Gasteiger partial charge in [0.2, 0.25) is 10.0 Å². The van der Waals surface area contributed by atoms with E-state index in [1.165, 1.54) is 9.87 Å². The molecule has 0 bridgehead atoms. The molecule has 1 heterocycles. The van der Waals surface area contributed by atoms with Crippen LogP contribution in [0.3, 0.4) is 0 Å². The van der Waals surface area contributed by atoms with Crippen LogP contribution in [0.4, 0.5) is 0 Å². The minimum Gasteiger partial charge on any atom is -0.356 e. The van der Waals surface area contributed by atoms with E-state index in [-0.39, 0.29) is 6.04 Å². The average Bonchev–Trinajstić information content (AvgIpc) is 3.22. The van der Waals surface area contributed by atoms with E-state index in [1.807, 2.05) is 26.0 Å². The van der Waals surface area contributed by atoms with Crippen molar-refractivity contribution in [3.8, 4) is 0 Å². The lowest BCUT2D eigenvalue weighted by Crippen LogP contribution is -2.38. The fourth-order valence-corrected chi connectivity index (χ4v) is 4.70. The van der Waals surface area contributed by atoms with Crippen LogP contribution in [0.5, 0.6) is 0 Å². The zero-order valence-corrected chi connectivity index (χ0v) is 18.8. The topological polar surface area (TPSA) is 73.8 Å². The summed E-state index contributed by atoms with van der Waals surface area (Å²) in [7, 11) is -0.115. The maximum absolute atomic E-state index is 12.5. The highest BCUT2D eigenvalue weighted by molar-refractivity contribution is 7.89. The number of thiophene rings is 1. The van der Waals surface area contributed by atoms with Crippen LogP contribution in [0.1, 0.15) is 37.8 Å². The summed E-state index contributed by atoms with van der Waals surface area (Å²) in [5.74, 6) is 1.12. The second-order valence-electron chi connectivity index (χ2n) is 7.02. The third-order valence-corrected chi connectivity index (χ3v) is 7.45. The van der Waals surface area contributed by atoms with Gasteiger partial charge in [-0.05, 0) is 59.9 Å². The number of benzene rings is 1. The van der Waals surface area contributed by atoms with E-state index in [4.69, 9.17) is 0 Å². The Labute approximate surface area is 172 Å². The monoisotopic (exact) mass is 422 g/mol. The Bertz CT molecular complexity index is 860. The molecule has 2 rings (SSSR count). The molecule has 6 nitrogen and oxygen atoms in total. The van der Waals surface area contributed by atoms with Gasteiger partial charge in [0.15, 0.2) is 5.96 Å². The summed E-state index contributed by atoms with van der Waals surface area (Å²) in [4.78, 5) is 4.56. The molecule has 0 aliphatic heterocycles. The van der Waals surface area contributed by atoms with Crippen LogP contribution in [0.25, 0.3) is 0 Å². The molecule has 0 saturated carbocycles. The molecule has 2 aromatic rings. The molecule has 1 atom stereocenters. The summed E-state index contributed by atoms with van der Waals surface area (Å²) < 4.78 is 26.4. The van der Waals surface area contributed by atoms with Crippen LogP contribution >= 0.6 is 11.3 Å². The predicted octanol–water partition coefficient (Wildman–Crippen LogP) is 3.25. The lowest BCUT2D eigenvalue weighted by molar-refractivity contribution is 0.410. The molecule has 28 heavy (non-hydrogen) atoms. The molecule has 0 fully saturated rings. The number of nitrogens with one attached hydrogen (secondary N) is 2. The van der Waals surface area contributed by atoms with Crippen LogP contribution in [-0.2, 0) is 16.6 Å². The first kappa shape index (κ1) is 22.4. The molecular weight excluding hydrogens is 392 g/mol. The van der Waals surface area contributed by atoms with Gasteiger partial charge in [0.25, 0.3) is 0 Å². The van der Waals surface area contributed by atoms with Crippen molar-refractivity contribution >= 4 is 27.3 Å². The first-order valence-corrected chi connectivity index (χ1v) is 11.7. The minimum atomic E-state index is -3.45. The minimum absolute atomic E-state index is 0.0859. The lowest BCUT2D eigenvalue weighted by atomic mass is 10.1. The van der Waals surface area contributed by atoms with Crippen LogP contribution < -0.4 is 10.6 Å². The van der Waals surface area contributed by atoms with Crippen molar-refractivity contribution in [2.75, 3.05) is 20.6 Å². The molecule has 154 valence electrons. The maximum atomic E-state index is 12.5. The summed E-state index contributed by atoms with van der Waals surface area (Å²) in [6.07, 6.45) is 0. The van der Waals surface area contributed by atoms with Crippen LogP contribution in [0, 0.1) is 0 Å². The number of hydrogen-bond acceptors (Lipinski definition) is 4. The smallest absolute Gasteiger partial charge is 0.243 e. The van der Waals surface area contributed by atoms with Gasteiger partial charge in [0.05, 0.1) is 4.90 Å². The number of hydrogen-bond donors (Lipinski definition) is 2. The van der Waals surface area contributed by atoms with Gasteiger partial charge in [-0.2, -0.15) is 15.6 Å². The van der Waals surface area contributed by atoms with Gasteiger partial charge in [0.1, 0.15) is 0 Å². The Morgan fingerprint density at radius 1 is 1.14 bits per heavy atom. The molecule has 0 aliphatic rings. The molecule has 8 heteroatoms. The van der Waals surface area contributed by atoms with E-state index in [2.05, 4.69) is 39.4 Å². The van der Waals surface area contributed by atoms with E-state index in [0.29, 0.717) is 17.4 Å². The Hall–Kier alpha value is -1.90. The zero-order chi connectivity index (χ0) is 20.7. The van der Waals surface area contributed by atoms with Crippen LogP contribution in [0.15, 0.2) is 51.0 Å². The third kappa shape index (κ3) is 5.80. The van der Waals surface area contributed by atoms with Crippen LogP contribution in [0.2, 0.25) is 0 Å². The average molecular weight is 423 g/mol. The molecule has 1 aromatic carbocycles. The quantitative estimate of drug-likeness (QED) is 0.506. The summed E-state index contributed by atoms with van der Waals surface area (Å²) in [6, 6.07) is 9.02. The molecule has 1 unspecified atom stereocenters. The Balaban J connectivity index is 1.91. The summed E-state index contributed by atoms with van der Waals surface area (Å²) in [5.41, 5.74) is 2.30. The van der Waals surface area contributed by atoms with Crippen LogP contribution in [-0.4, -0.2) is 45.4 Å². The second-order valence-corrected chi connectivity index (χ2v) is 9.80. The number of aliphatic imine (C=N–C) groups is 1. The fourth-order valence-electron chi connectivity index (χ4n) is 2.55. The number of rotatable bonds is 8. The normalized spacial score (nSPS) is 13.8. The fraction of sp³-hybridized carbons (Fsp3) is 0.450. The molecule has 0 aliphatic carbocycles. The van der Waals surface area contributed by atoms with Gasteiger partial charge in [-0.3, -0.25) is 4.99 Å². The number of nitrogens with zero attached hydrogens (tertiary/aromatic N) is 2. The zero-order valence-electron chi connectivity index (χ0n) is 17.1. The first-order chi connectivity index (χ1) is 13.3. The van der Waals surface area contributed by atoms with Gasteiger partial charge in [-0.15, -0.1) is 0 Å². The molecule has 2 N–H and O–H groups in total. The summed E-state index contributed by atoms with van der Waals surface area (Å²) >= 11 is 1.70. The van der Waals surface area contributed by atoms with Crippen molar-refractivity contribution in [3.63, 3.8) is 0 Å². The molecule has 0 saturated heterocycles. The molecular formula is C20H30N4O2S2. The van der Waals surface area contributed by atoms with Crippen molar-refractivity contribution in [1.29, 1.82) is 0 Å². The van der Waals surface area contributed by atoms with Gasteiger partial charge in [0, 0.05) is 33.2 Å².